The summed E-state index contributed by atoms with van der Waals surface area (Å²) in [5, 5.41) is 10.6. The molecule has 1 aromatic heterocycles. The van der Waals surface area contributed by atoms with Crippen molar-refractivity contribution in [3.63, 3.8) is 0 Å². The van der Waals surface area contributed by atoms with Crippen LogP contribution in [-0.4, -0.2) is 15.6 Å². The lowest BCUT2D eigenvalue weighted by Gasteiger charge is -2.10. The van der Waals surface area contributed by atoms with Crippen LogP contribution in [0.1, 0.15) is 16.1 Å². The summed E-state index contributed by atoms with van der Waals surface area (Å²) in [6, 6.07) is 13.0. The van der Waals surface area contributed by atoms with Crippen LogP contribution in [0.2, 0.25) is 5.02 Å². The molecule has 0 aliphatic rings. The van der Waals surface area contributed by atoms with Crippen LogP contribution in [0.25, 0.3) is 10.9 Å². The standard InChI is InChI=1S/C16H11ClFNO2/c17-13-6-5-12(18)7-11(13)9-19-14-4-2-1-3-10(14)8-15(19)16(20)21/h1-8H,9H2,(H,20,21). The van der Waals surface area contributed by atoms with Crippen LogP contribution in [0.3, 0.4) is 0 Å². The highest BCUT2D eigenvalue weighted by Gasteiger charge is 2.15. The minimum Gasteiger partial charge on any atom is -0.477 e. The monoisotopic (exact) mass is 303 g/mol. The summed E-state index contributed by atoms with van der Waals surface area (Å²) >= 11 is 6.07. The smallest absolute Gasteiger partial charge is 0.352 e. The van der Waals surface area contributed by atoms with Gasteiger partial charge in [0.05, 0.1) is 0 Å². The molecule has 0 bridgehead atoms. The number of carboxylic acids is 1. The zero-order chi connectivity index (χ0) is 15.0. The van der Waals surface area contributed by atoms with Gasteiger partial charge in [-0.15, -0.1) is 0 Å². The van der Waals surface area contributed by atoms with E-state index in [0.29, 0.717) is 10.6 Å². The van der Waals surface area contributed by atoms with Crippen LogP contribution in [0.15, 0.2) is 48.5 Å². The van der Waals surface area contributed by atoms with Crippen molar-refractivity contribution < 1.29 is 14.3 Å². The zero-order valence-electron chi connectivity index (χ0n) is 10.9. The zero-order valence-corrected chi connectivity index (χ0v) is 11.6. The largest absolute Gasteiger partial charge is 0.477 e. The van der Waals surface area contributed by atoms with Gasteiger partial charge in [0, 0.05) is 22.5 Å². The van der Waals surface area contributed by atoms with E-state index in [1.54, 1.807) is 10.6 Å². The molecule has 3 rings (SSSR count). The molecule has 0 saturated carbocycles. The number of carbonyl (C=O) groups is 1. The summed E-state index contributed by atoms with van der Waals surface area (Å²) in [7, 11) is 0. The number of hydrogen-bond acceptors (Lipinski definition) is 1. The Morgan fingerprint density at radius 1 is 1.19 bits per heavy atom. The summed E-state index contributed by atoms with van der Waals surface area (Å²) < 4.78 is 15.0. The second-order valence-corrected chi connectivity index (χ2v) is 5.12. The van der Waals surface area contributed by atoms with E-state index >= 15 is 0 Å². The van der Waals surface area contributed by atoms with Crippen molar-refractivity contribution in [3.05, 3.63) is 70.6 Å². The molecule has 2 aromatic carbocycles. The third-order valence-electron chi connectivity index (χ3n) is 3.37. The molecule has 3 nitrogen and oxygen atoms in total. The van der Waals surface area contributed by atoms with Gasteiger partial charge in [-0.2, -0.15) is 0 Å². The van der Waals surface area contributed by atoms with E-state index in [0.717, 1.165) is 10.9 Å². The number of halogens is 2. The molecule has 0 aliphatic carbocycles. The predicted octanol–water partition coefficient (Wildman–Crippen LogP) is 4.18. The number of hydrogen-bond donors (Lipinski definition) is 1. The van der Waals surface area contributed by atoms with Gasteiger partial charge in [-0.1, -0.05) is 29.8 Å². The quantitative estimate of drug-likeness (QED) is 0.788. The van der Waals surface area contributed by atoms with Crippen LogP contribution in [0.5, 0.6) is 0 Å². The van der Waals surface area contributed by atoms with Crippen molar-refractivity contribution in [2.75, 3.05) is 0 Å². The Bertz CT molecular complexity index is 841. The maximum absolute atomic E-state index is 13.4. The van der Waals surface area contributed by atoms with Gasteiger partial charge in [-0.25, -0.2) is 9.18 Å². The SMILES string of the molecule is O=C(O)c1cc2ccccc2n1Cc1cc(F)ccc1Cl. The van der Waals surface area contributed by atoms with Gasteiger partial charge in [0.15, 0.2) is 0 Å². The first-order valence-electron chi connectivity index (χ1n) is 6.32. The number of nitrogens with zero attached hydrogens (tertiary/aromatic N) is 1. The third kappa shape index (κ3) is 2.50. The lowest BCUT2D eigenvalue weighted by atomic mass is 10.2. The lowest BCUT2D eigenvalue weighted by molar-refractivity contribution is 0.0686. The van der Waals surface area contributed by atoms with Crippen LogP contribution >= 0.6 is 11.6 Å². The van der Waals surface area contributed by atoms with E-state index in [1.807, 2.05) is 24.3 Å². The van der Waals surface area contributed by atoms with Crippen LogP contribution in [-0.2, 0) is 6.54 Å². The second kappa shape index (κ2) is 5.22. The molecule has 106 valence electrons. The van der Waals surface area contributed by atoms with Crippen LogP contribution in [0.4, 0.5) is 4.39 Å². The van der Waals surface area contributed by atoms with Crippen LogP contribution in [0, 0.1) is 5.82 Å². The molecule has 1 heterocycles. The Labute approximate surface area is 125 Å². The van der Waals surface area contributed by atoms with E-state index < -0.39 is 11.8 Å². The van der Waals surface area contributed by atoms with Crippen molar-refractivity contribution in [1.29, 1.82) is 0 Å². The first-order chi connectivity index (χ1) is 10.1. The Hall–Kier alpha value is -2.33. The van der Waals surface area contributed by atoms with Crippen molar-refractivity contribution in [2.24, 2.45) is 0 Å². The van der Waals surface area contributed by atoms with Gasteiger partial charge in [-0.05, 0) is 35.9 Å². The maximum Gasteiger partial charge on any atom is 0.352 e. The molecular weight excluding hydrogens is 293 g/mol. The summed E-state index contributed by atoms with van der Waals surface area (Å²) in [6.07, 6.45) is 0. The fraction of sp³-hybridized carbons (Fsp3) is 0.0625. The van der Waals surface area contributed by atoms with Gasteiger partial charge in [0.2, 0.25) is 0 Å². The average molecular weight is 304 g/mol. The molecule has 0 radical (unpaired) electrons. The molecule has 0 amide bonds. The molecule has 5 heteroatoms. The fourth-order valence-corrected chi connectivity index (χ4v) is 2.57. The first kappa shape index (κ1) is 13.6. The third-order valence-corrected chi connectivity index (χ3v) is 3.73. The Morgan fingerprint density at radius 2 is 1.95 bits per heavy atom. The highest BCUT2D eigenvalue weighted by atomic mass is 35.5. The van der Waals surface area contributed by atoms with Gasteiger partial charge >= 0.3 is 5.97 Å². The van der Waals surface area contributed by atoms with E-state index in [9.17, 15) is 14.3 Å². The molecule has 0 atom stereocenters. The molecule has 21 heavy (non-hydrogen) atoms. The number of fused-ring (bicyclic) bond motifs is 1. The van der Waals surface area contributed by atoms with Crippen molar-refractivity contribution in [3.8, 4) is 0 Å². The molecular formula is C16H11ClFNO2. The second-order valence-electron chi connectivity index (χ2n) is 4.72. The van der Waals surface area contributed by atoms with Gasteiger partial charge in [0.1, 0.15) is 11.5 Å². The summed E-state index contributed by atoms with van der Waals surface area (Å²) in [6.45, 7) is 0.200. The van der Waals surface area contributed by atoms with Crippen LogP contribution < -0.4 is 0 Å². The Morgan fingerprint density at radius 3 is 2.71 bits per heavy atom. The van der Waals surface area contributed by atoms with Crippen molar-refractivity contribution in [2.45, 2.75) is 6.54 Å². The maximum atomic E-state index is 13.4. The molecule has 0 aliphatic heterocycles. The topological polar surface area (TPSA) is 42.2 Å². The summed E-state index contributed by atoms with van der Waals surface area (Å²) in [4.78, 5) is 11.4. The average Bonchev–Trinajstić information content (AvgIpc) is 2.82. The minimum absolute atomic E-state index is 0.150. The van der Waals surface area contributed by atoms with E-state index in [-0.39, 0.29) is 12.2 Å². The highest BCUT2D eigenvalue weighted by molar-refractivity contribution is 6.31. The minimum atomic E-state index is -1.03. The Kier molecular flexibility index (Phi) is 3.39. The summed E-state index contributed by atoms with van der Waals surface area (Å²) in [5.74, 6) is -1.43. The summed E-state index contributed by atoms with van der Waals surface area (Å²) in [5.41, 5.74) is 1.47. The lowest BCUT2D eigenvalue weighted by Crippen LogP contribution is -2.09. The van der Waals surface area contributed by atoms with Gasteiger partial charge < -0.3 is 9.67 Å². The Balaban J connectivity index is 2.17. The van der Waals surface area contributed by atoms with Crippen molar-refractivity contribution >= 4 is 28.5 Å². The molecule has 3 aromatic rings. The van der Waals surface area contributed by atoms with Gasteiger partial charge in [0.25, 0.3) is 0 Å². The number of aromatic nitrogens is 1. The fourth-order valence-electron chi connectivity index (χ4n) is 2.39. The number of aromatic carboxylic acids is 1. The van der Waals surface area contributed by atoms with E-state index in [1.165, 1.54) is 18.2 Å². The normalized spacial score (nSPS) is 11.0. The van der Waals surface area contributed by atoms with Crippen molar-refractivity contribution in [1.82, 2.24) is 4.57 Å². The van der Waals surface area contributed by atoms with E-state index in [4.69, 9.17) is 11.6 Å². The number of rotatable bonds is 3. The van der Waals surface area contributed by atoms with Gasteiger partial charge in [-0.3, -0.25) is 0 Å². The predicted molar refractivity (Wildman–Crippen MR) is 79.4 cm³/mol. The molecule has 0 spiro atoms. The number of carboxylic acid groups (broad SMARTS) is 1. The molecule has 0 saturated heterocycles. The number of para-hydroxylation sites is 1. The first-order valence-corrected chi connectivity index (χ1v) is 6.69. The van der Waals surface area contributed by atoms with E-state index in [2.05, 4.69) is 0 Å². The molecule has 0 fully saturated rings. The number of benzene rings is 2. The highest BCUT2D eigenvalue weighted by Crippen LogP contribution is 2.24. The molecule has 1 N–H and O–H groups in total. The molecule has 0 unspecified atom stereocenters.